The lowest BCUT2D eigenvalue weighted by Gasteiger charge is -2.39. The highest BCUT2D eigenvalue weighted by Gasteiger charge is 2.39. The average molecular weight is 255 g/mol. The summed E-state index contributed by atoms with van der Waals surface area (Å²) in [6.45, 7) is 11.0. The van der Waals surface area contributed by atoms with Crippen molar-refractivity contribution >= 4 is 13.1 Å². The molecule has 4 nitrogen and oxygen atoms in total. The molecule has 0 spiro atoms. The predicted molar refractivity (Wildman–Crippen MR) is 77.5 cm³/mol. The van der Waals surface area contributed by atoms with Crippen LogP contribution in [0.1, 0.15) is 41.0 Å². The van der Waals surface area contributed by atoms with Crippen LogP contribution in [0.3, 0.4) is 0 Å². The van der Waals surface area contributed by atoms with Crippen molar-refractivity contribution < 1.29 is 14.8 Å². The minimum absolute atomic E-state index is 0.182. The minimum Gasteiger partial charge on any atom is -0.423 e. The maximum absolute atomic E-state index is 10.1. The van der Waals surface area contributed by atoms with Crippen LogP contribution in [0.25, 0.3) is 0 Å². The van der Waals surface area contributed by atoms with Gasteiger partial charge >= 0.3 is 6.92 Å². The van der Waals surface area contributed by atoms with Crippen LogP contribution in [0.5, 0.6) is 0 Å². The summed E-state index contributed by atoms with van der Waals surface area (Å²) in [5, 5.41) is 10.1. The van der Waals surface area contributed by atoms with E-state index in [4.69, 9.17) is 10.4 Å². The zero-order valence-corrected chi connectivity index (χ0v) is 12.8. The molecule has 18 heavy (non-hydrogen) atoms. The Morgan fingerprint density at radius 3 is 2.22 bits per heavy atom. The Labute approximate surface area is 111 Å². The van der Waals surface area contributed by atoms with Crippen molar-refractivity contribution in [3.8, 4) is 0 Å². The molecule has 0 aromatic heterocycles. The second-order valence-electron chi connectivity index (χ2n) is 5.60. The highest BCUT2D eigenvalue weighted by atomic mass is 16.5. The molecule has 0 heterocycles. The van der Waals surface area contributed by atoms with Gasteiger partial charge in [0.05, 0.1) is 11.2 Å². The van der Waals surface area contributed by atoms with Gasteiger partial charge in [0.2, 0.25) is 0 Å². The average Bonchev–Trinajstić information content (AvgIpc) is 2.22. The standard InChI is InChI=1S/C13H27BN2O2/c1-8-11(15)10(9-16-7)14(6)18-13(4,5)12(2,3)17/h9,17H,8,15H2,1-7H3/p+1. The molecule has 104 valence electrons. The van der Waals surface area contributed by atoms with Crippen molar-refractivity contribution in [1.29, 1.82) is 0 Å². The summed E-state index contributed by atoms with van der Waals surface area (Å²) in [7, 11) is 1.83. The second-order valence-corrected chi connectivity index (χ2v) is 5.60. The first-order chi connectivity index (χ1) is 8.06. The Hall–Kier alpha value is -0.805. The first-order valence-electron chi connectivity index (χ1n) is 6.46. The Kier molecular flexibility index (Phi) is 6.10. The summed E-state index contributed by atoms with van der Waals surface area (Å²) < 4.78 is 5.98. The van der Waals surface area contributed by atoms with E-state index in [9.17, 15) is 5.11 Å². The number of aliphatic hydroxyl groups is 1. The number of nitrogens with two attached hydrogens (primary N) is 1. The van der Waals surface area contributed by atoms with Crippen LogP contribution in [-0.4, -0.2) is 36.5 Å². The minimum atomic E-state index is -0.924. The van der Waals surface area contributed by atoms with Crippen LogP contribution in [0.2, 0.25) is 6.82 Å². The van der Waals surface area contributed by atoms with Gasteiger partial charge in [0.1, 0.15) is 7.05 Å². The molecule has 0 amide bonds. The van der Waals surface area contributed by atoms with Crippen molar-refractivity contribution in [3.63, 3.8) is 0 Å². The van der Waals surface area contributed by atoms with Crippen molar-refractivity contribution in [3.05, 3.63) is 11.2 Å². The van der Waals surface area contributed by atoms with Crippen LogP contribution in [0, 0.1) is 0 Å². The lowest BCUT2D eigenvalue weighted by Crippen LogP contribution is -2.64. The maximum Gasteiger partial charge on any atom is 0.332 e. The number of rotatable bonds is 6. The summed E-state index contributed by atoms with van der Waals surface area (Å²) in [5.41, 5.74) is 6.14. The monoisotopic (exact) mass is 255 g/mol. The van der Waals surface area contributed by atoms with Crippen LogP contribution >= 0.6 is 0 Å². The molecule has 0 aliphatic carbocycles. The first-order valence-corrected chi connectivity index (χ1v) is 6.46. The fraction of sp³-hybridized carbons (Fsp3) is 0.769. The zero-order chi connectivity index (χ0) is 14.6. The molecule has 0 fully saturated rings. The molecular weight excluding hydrogens is 227 g/mol. The Bertz CT molecular complexity index is 330. The van der Waals surface area contributed by atoms with Gasteiger partial charge in [-0.05, 0) is 34.1 Å². The van der Waals surface area contributed by atoms with Gasteiger partial charge in [-0.25, -0.2) is 0 Å². The molecule has 0 bridgehead atoms. The summed E-state index contributed by atoms with van der Waals surface area (Å²) in [4.78, 5) is 2.98. The molecule has 0 aromatic carbocycles. The van der Waals surface area contributed by atoms with Gasteiger partial charge in [0.15, 0.2) is 6.21 Å². The van der Waals surface area contributed by atoms with Gasteiger partial charge < -0.3 is 15.5 Å². The molecule has 0 atom stereocenters. The Morgan fingerprint density at radius 1 is 1.39 bits per heavy atom. The number of hydrogen-bond acceptors (Lipinski definition) is 3. The van der Waals surface area contributed by atoms with Gasteiger partial charge in [-0.3, -0.25) is 4.99 Å². The highest BCUT2D eigenvalue weighted by Crippen LogP contribution is 2.27. The highest BCUT2D eigenvalue weighted by molar-refractivity contribution is 6.64. The third-order valence-electron chi connectivity index (χ3n) is 3.43. The van der Waals surface area contributed by atoms with Crippen LogP contribution in [-0.2, 0) is 4.65 Å². The predicted octanol–water partition coefficient (Wildman–Crippen LogP) is 0.117. The van der Waals surface area contributed by atoms with Crippen LogP contribution in [0.4, 0.5) is 0 Å². The first kappa shape index (κ1) is 17.2. The van der Waals surface area contributed by atoms with Gasteiger partial charge in [0.25, 0.3) is 0 Å². The molecule has 0 aliphatic heterocycles. The third-order valence-corrected chi connectivity index (χ3v) is 3.43. The van der Waals surface area contributed by atoms with Crippen LogP contribution in [0.15, 0.2) is 11.2 Å². The Morgan fingerprint density at radius 2 is 1.89 bits per heavy atom. The van der Waals surface area contributed by atoms with E-state index in [1.54, 1.807) is 13.8 Å². The number of hydrogen-bond donors (Lipinski definition) is 3. The Balaban J connectivity index is 5.11. The zero-order valence-electron chi connectivity index (χ0n) is 12.8. The molecule has 4 N–H and O–H groups in total. The van der Waals surface area contributed by atoms with E-state index in [1.165, 1.54) is 0 Å². The molecule has 5 heteroatoms. The molecule has 0 rings (SSSR count). The number of allylic oxidation sites excluding steroid dienone is 2. The molecule has 0 aliphatic rings. The molecule has 0 aromatic rings. The summed E-state index contributed by atoms with van der Waals surface area (Å²) in [5.74, 6) is 0. The lowest BCUT2D eigenvalue weighted by molar-refractivity contribution is -0.413. The van der Waals surface area contributed by atoms with E-state index >= 15 is 0 Å². The fourth-order valence-corrected chi connectivity index (χ4v) is 1.48. The van der Waals surface area contributed by atoms with E-state index in [1.807, 2.05) is 40.9 Å². The summed E-state index contributed by atoms with van der Waals surface area (Å²) in [6.07, 6.45) is 2.62. The van der Waals surface area contributed by atoms with E-state index in [0.717, 1.165) is 17.6 Å². The van der Waals surface area contributed by atoms with Crippen molar-refractivity contribution in [2.45, 2.75) is 59.1 Å². The van der Waals surface area contributed by atoms with E-state index in [0.29, 0.717) is 0 Å². The maximum atomic E-state index is 10.1. The van der Waals surface area contributed by atoms with Crippen molar-refractivity contribution in [2.24, 2.45) is 5.73 Å². The smallest absolute Gasteiger partial charge is 0.332 e. The van der Waals surface area contributed by atoms with Crippen molar-refractivity contribution in [2.75, 3.05) is 7.05 Å². The quantitative estimate of drug-likeness (QED) is 0.466. The van der Waals surface area contributed by atoms with E-state index in [2.05, 4.69) is 4.99 Å². The molecule has 0 radical (unpaired) electrons. The topological polar surface area (TPSA) is 69.5 Å². The lowest BCUT2D eigenvalue weighted by atomic mass is 9.61. The third kappa shape index (κ3) is 4.46. The van der Waals surface area contributed by atoms with E-state index in [-0.39, 0.29) is 6.92 Å². The largest absolute Gasteiger partial charge is 0.423 e. The number of nitrogens with one attached hydrogen (secondary N) is 1. The molecular formula is C13H28BN2O2+. The molecule has 0 unspecified atom stereocenters. The normalized spacial score (nSPS) is 14.9. The van der Waals surface area contributed by atoms with Gasteiger partial charge in [0, 0.05) is 11.2 Å². The SMILES string of the molecule is CCC(N)=C(C=[NH+]C)B(C)OC(C)(C)C(C)(C)O. The molecule has 0 saturated heterocycles. The van der Waals surface area contributed by atoms with Crippen molar-refractivity contribution in [1.82, 2.24) is 0 Å². The van der Waals surface area contributed by atoms with Gasteiger partial charge in [-0.2, -0.15) is 0 Å². The molecule has 0 saturated carbocycles. The summed E-state index contributed by atoms with van der Waals surface area (Å²) in [6, 6.07) is 0. The second kappa shape index (κ2) is 6.39. The van der Waals surface area contributed by atoms with Gasteiger partial charge in [-0.15, -0.1) is 0 Å². The van der Waals surface area contributed by atoms with Crippen LogP contribution < -0.4 is 10.7 Å². The van der Waals surface area contributed by atoms with E-state index < -0.39 is 11.2 Å². The summed E-state index contributed by atoms with van der Waals surface area (Å²) >= 11 is 0. The van der Waals surface area contributed by atoms with Gasteiger partial charge in [-0.1, -0.05) is 13.7 Å². The fourth-order valence-electron chi connectivity index (χ4n) is 1.48.